The largest absolute Gasteiger partial charge is 0.480 e. The van der Waals surface area contributed by atoms with E-state index in [1.54, 1.807) is 61.5 Å². The predicted octanol–water partition coefficient (Wildman–Crippen LogP) is 9.24. The Morgan fingerprint density at radius 2 is 1.40 bits per heavy atom. The summed E-state index contributed by atoms with van der Waals surface area (Å²) in [5.41, 5.74) is -0.225. The summed E-state index contributed by atoms with van der Waals surface area (Å²) in [7, 11) is 0. The lowest BCUT2D eigenvalue weighted by Gasteiger charge is -2.41. The lowest BCUT2D eigenvalue weighted by Crippen LogP contribution is -2.52. The molecule has 236 valence electrons. The highest BCUT2D eigenvalue weighted by Gasteiger charge is 2.55. The predicted molar refractivity (Wildman–Crippen MR) is 176 cm³/mol. The lowest BCUT2D eigenvalue weighted by molar-refractivity contribution is -0.151. The van der Waals surface area contributed by atoms with Crippen molar-refractivity contribution >= 4 is 23.4 Å². The number of aliphatic imine (C=N–C) groups is 1. The number of benzene rings is 3. The number of esters is 1. The molecule has 1 N–H and O–H groups in total. The average molecular weight is 610 g/mol. The number of rotatable bonds is 16. The number of aliphatic carboxylic acids is 1. The van der Waals surface area contributed by atoms with Gasteiger partial charge in [0.1, 0.15) is 22.6 Å². The van der Waals surface area contributed by atoms with Crippen LogP contribution in [0.3, 0.4) is 0 Å². The number of nitrogens with zero attached hydrogens (tertiary/aromatic N) is 1. The van der Waals surface area contributed by atoms with Crippen LogP contribution in [0.4, 0.5) is 0 Å². The fourth-order valence-electron chi connectivity index (χ4n) is 5.90. The quantitative estimate of drug-likeness (QED) is 0.0987. The van der Waals surface area contributed by atoms with E-state index in [-0.39, 0.29) is 12.1 Å². The molecule has 0 aliphatic carbocycles. The van der Waals surface area contributed by atoms with E-state index in [1.807, 2.05) is 37.3 Å². The van der Waals surface area contributed by atoms with E-state index in [0.29, 0.717) is 53.2 Å². The number of Topliss-reactive ketones (excluding diaryl/α,β-unsaturated/α-hetero) is 1. The zero-order valence-corrected chi connectivity index (χ0v) is 26.5. The number of hydrogen-bond donors (Lipinski definition) is 1. The van der Waals surface area contributed by atoms with Gasteiger partial charge in [0.05, 0.1) is 11.3 Å². The molecule has 4 rings (SSSR count). The van der Waals surface area contributed by atoms with Gasteiger partial charge in [-0.05, 0) is 61.7 Å². The first-order valence-electron chi connectivity index (χ1n) is 16.0. The second-order valence-electron chi connectivity index (χ2n) is 11.5. The number of carboxylic acid groups (broad SMARTS) is 1. The summed E-state index contributed by atoms with van der Waals surface area (Å²) in [4.78, 5) is 45.8. The van der Waals surface area contributed by atoms with Gasteiger partial charge in [-0.3, -0.25) is 9.59 Å². The number of allylic oxidation sites excluding steroid dienone is 1. The van der Waals surface area contributed by atoms with Gasteiger partial charge in [0.2, 0.25) is 5.78 Å². The van der Waals surface area contributed by atoms with Crippen LogP contribution in [-0.4, -0.2) is 34.6 Å². The standard InChI is InChI=1S/C38H43NO6/c1-4-6-7-8-9-16-25-38(37(42)43)27(3)33(34(40)29-21-17-24-31(26-29)44-30-22-14-11-15-23-30)39-32(18-5-2)35(38)45-36(41)28-19-12-10-13-20-28/h10-15,17,19-24,26,35H,4-9,16,18,25H2,1-3H3,(H,42,43). The summed E-state index contributed by atoms with van der Waals surface area (Å²) in [6.07, 6.45) is 5.80. The zero-order chi connectivity index (χ0) is 32.2. The van der Waals surface area contributed by atoms with E-state index in [4.69, 9.17) is 14.5 Å². The first kappa shape index (κ1) is 33.4. The van der Waals surface area contributed by atoms with Gasteiger partial charge in [0.15, 0.2) is 6.10 Å². The van der Waals surface area contributed by atoms with Crippen LogP contribution in [0.15, 0.2) is 101 Å². The van der Waals surface area contributed by atoms with Crippen LogP contribution in [0, 0.1) is 5.41 Å². The first-order chi connectivity index (χ1) is 21.8. The minimum absolute atomic E-state index is 0.0794. The van der Waals surface area contributed by atoms with Gasteiger partial charge in [-0.25, -0.2) is 9.79 Å². The van der Waals surface area contributed by atoms with Crippen molar-refractivity contribution in [3.05, 3.63) is 107 Å². The third-order valence-electron chi connectivity index (χ3n) is 8.37. The van der Waals surface area contributed by atoms with E-state index in [1.165, 1.54) is 0 Å². The van der Waals surface area contributed by atoms with Crippen molar-refractivity contribution in [1.29, 1.82) is 0 Å². The Morgan fingerprint density at radius 3 is 2.07 bits per heavy atom. The molecule has 1 aliphatic rings. The molecule has 2 unspecified atom stereocenters. The van der Waals surface area contributed by atoms with Gasteiger partial charge in [-0.2, -0.15) is 0 Å². The van der Waals surface area contributed by atoms with Crippen molar-refractivity contribution in [3.8, 4) is 11.5 Å². The molecular formula is C38H43NO6. The minimum Gasteiger partial charge on any atom is -0.480 e. The summed E-state index contributed by atoms with van der Waals surface area (Å²) >= 11 is 0. The number of ketones is 1. The van der Waals surface area contributed by atoms with Gasteiger partial charge in [-0.15, -0.1) is 0 Å². The van der Waals surface area contributed by atoms with Crippen molar-refractivity contribution in [3.63, 3.8) is 0 Å². The number of carboxylic acids is 1. The molecule has 3 aromatic carbocycles. The summed E-state index contributed by atoms with van der Waals surface area (Å²) in [6.45, 7) is 5.75. The molecule has 0 amide bonds. The minimum atomic E-state index is -1.65. The van der Waals surface area contributed by atoms with Crippen LogP contribution in [0.5, 0.6) is 11.5 Å². The monoisotopic (exact) mass is 609 g/mol. The van der Waals surface area contributed by atoms with E-state index < -0.39 is 29.2 Å². The Balaban J connectivity index is 1.76. The molecule has 0 aromatic heterocycles. The molecule has 1 aliphatic heterocycles. The van der Waals surface area contributed by atoms with Crippen molar-refractivity contribution in [2.24, 2.45) is 10.4 Å². The highest BCUT2D eigenvalue weighted by atomic mass is 16.5. The van der Waals surface area contributed by atoms with E-state index in [2.05, 4.69) is 6.92 Å². The highest BCUT2D eigenvalue weighted by molar-refractivity contribution is 6.13. The molecule has 1 heterocycles. The summed E-state index contributed by atoms with van der Waals surface area (Å²) in [6, 6.07) is 24.6. The topological polar surface area (TPSA) is 102 Å². The summed E-state index contributed by atoms with van der Waals surface area (Å²) in [5.74, 6) is -1.04. The average Bonchev–Trinajstić information content (AvgIpc) is 3.05. The van der Waals surface area contributed by atoms with E-state index in [9.17, 15) is 19.5 Å². The van der Waals surface area contributed by atoms with Crippen molar-refractivity contribution in [2.75, 3.05) is 0 Å². The van der Waals surface area contributed by atoms with Crippen molar-refractivity contribution in [2.45, 2.75) is 84.7 Å². The molecular weight excluding hydrogens is 566 g/mol. The van der Waals surface area contributed by atoms with Crippen LogP contribution in [0.2, 0.25) is 0 Å². The number of ether oxygens (including phenoxy) is 2. The normalized spacial score (nSPS) is 17.8. The highest BCUT2D eigenvalue weighted by Crippen LogP contribution is 2.46. The third-order valence-corrected chi connectivity index (χ3v) is 8.37. The van der Waals surface area contributed by atoms with Crippen LogP contribution < -0.4 is 4.74 Å². The lowest BCUT2D eigenvalue weighted by atomic mass is 9.67. The molecule has 0 radical (unpaired) electrons. The molecule has 7 nitrogen and oxygen atoms in total. The van der Waals surface area contributed by atoms with Gasteiger partial charge < -0.3 is 14.6 Å². The zero-order valence-electron chi connectivity index (χ0n) is 26.5. The molecule has 0 fully saturated rings. The van der Waals surface area contributed by atoms with Gasteiger partial charge in [-0.1, -0.05) is 107 Å². The van der Waals surface area contributed by atoms with Crippen molar-refractivity contribution < 1.29 is 29.0 Å². The summed E-state index contributed by atoms with van der Waals surface area (Å²) < 4.78 is 12.1. The van der Waals surface area contributed by atoms with Crippen LogP contribution in [0.25, 0.3) is 0 Å². The molecule has 0 saturated heterocycles. The Kier molecular flexibility index (Phi) is 11.9. The maximum Gasteiger partial charge on any atom is 0.338 e. The van der Waals surface area contributed by atoms with Crippen molar-refractivity contribution in [1.82, 2.24) is 0 Å². The molecule has 0 bridgehead atoms. The second-order valence-corrected chi connectivity index (χ2v) is 11.5. The fourth-order valence-corrected chi connectivity index (χ4v) is 5.90. The molecule has 0 spiro atoms. The molecule has 2 atom stereocenters. The number of para-hydroxylation sites is 1. The van der Waals surface area contributed by atoms with Crippen LogP contribution in [0.1, 0.15) is 99.3 Å². The SMILES string of the molecule is CCCCCCCCC1(C(=O)O)C(C)=C(C(=O)c2cccc(Oc3ccccc3)c2)N=C(CCC)C1OC(=O)c1ccccc1. The Morgan fingerprint density at radius 1 is 0.778 bits per heavy atom. The summed E-state index contributed by atoms with van der Waals surface area (Å²) in [5, 5.41) is 11.0. The molecule has 3 aromatic rings. The molecule has 7 heteroatoms. The van der Waals surface area contributed by atoms with Gasteiger partial charge in [0.25, 0.3) is 0 Å². The number of unbranched alkanes of at least 4 members (excludes halogenated alkanes) is 5. The van der Waals surface area contributed by atoms with E-state index in [0.717, 1.165) is 32.1 Å². The Labute approximate surface area is 266 Å². The number of carbonyl (C=O) groups excluding carboxylic acids is 2. The Bertz CT molecular complexity index is 1530. The second kappa shape index (κ2) is 16.0. The third kappa shape index (κ3) is 7.96. The van der Waals surface area contributed by atoms with Gasteiger partial charge in [0, 0.05) is 5.56 Å². The first-order valence-corrected chi connectivity index (χ1v) is 16.0. The molecule has 45 heavy (non-hydrogen) atoms. The molecule has 0 saturated carbocycles. The van der Waals surface area contributed by atoms with E-state index >= 15 is 0 Å². The van der Waals surface area contributed by atoms with Gasteiger partial charge >= 0.3 is 11.9 Å². The van der Waals surface area contributed by atoms with Crippen LogP contribution in [-0.2, 0) is 9.53 Å². The van der Waals surface area contributed by atoms with Crippen LogP contribution >= 0.6 is 0 Å². The number of hydrogen-bond acceptors (Lipinski definition) is 6. The maximum atomic E-state index is 14.2. The Hall–Kier alpha value is -4.52. The number of carbonyl (C=O) groups is 3. The smallest absolute Gasteiger partial charge is 0.338 e. The fraction of sp³-hybridized carbons (Fsp3) is 0.368. The maximum absolute atomic E-state index is 14.2.